The average molecular weight is 411 g/mol. The normalized spacial score (nSPS) is 28.1. The van der Waals surface area contributed by atoms with Crippen LogP contribution < -0.4 is 4.74 Å². The molecule has 5 heteroatoms. The molecule has 2 fully saturated rings. The van der Waals surface area contributed by atoms with Crippen LogP contribution in [0.5, 0.6) is 5.75 Å². The molecule has 0 aromatic heterocycles. The summed E-state index contributed by atoms with van der Waals surface area (Å²) in [5.74, 6) is 3.10. The van der Waals surface area contributed by atoms with Crippen LogP contribution in [0.3, 0.4) is 0 Å². The Labute approximate surface area is 172 Å². The topological polar surface area (TPSA) is 26.3 Å². The first-order valence-corrected chi connectivity index (χ1v) is 11.2. The summed E-state index contributed by atoms with van der Waals surface area (Å²) in [6.07, 6.45) is 10.7. The molecule has 0 unspecified atom stereocenters. The third-order valence-electron chi connectivity index (χ3n) is 7.14. The number of alkyl halides is 3. The molecule has 0 heterocycles. The van der Waals surface area contributed by atoms with Crippen LogP contribution in [0.4, 0.5) is 13.2 Å². The van der Waals surface area contributed by atoms with Crippen LogP contribution in [0, 0.1) is 23.7 Å². The Kier molecular flexibility index (Phi) is 8.02. The van der Waals surface area contributed by atoms with E-state index in [0.717, 1.165) is 61.2 Å². The number of ether oxygens (including phenoxy) is 1. The molecule has 2 saturated carbocycles. The minimum absolute atomic E-state index is 0.150. The Bertz CT molecular complexity index is 610. The highest BCUT2D eigenvalue weighted by molar-refractivity contribution is 5.49. The predicted molar refractivity (Wildman–Crippen MR) is 108 cm³/mol. The lowest BCUT2D eigenvalue weighted by atomic mass is 9.68. The van der Waals surface area contributed by atoms with Gasteiger partial charge in [0.25, 0.3) is 0 Å². The zero-order valence-electron chi connectivity index (χ0n) is 17.1. The number of hydrogen-bond acceptors (Lipinski definition) is 2. The van der Waals surface area contributed by atoms with Crippen LogP contribution in [-0.2, 0) is 11.2 Å². The Hall–Kier alpha value is -1.52. The molecule has 3 rings (SSSR count). The van der Waals surface area contributed by atoms with E-state index >= 15 is 0 Å². The summed E-state index contributed by atoms with van der Waals surface area (Å²) in [5.41, 5.74) is 1.08. The van der Waals surface area contributed by atoms with Crippen LogP contribution in [0.2, 0.25) is 0 Å². The van der Waals surface area contributed by atoms with E-state index in [2.05, 4.69) is 4.74 Å². The van der Waals surface area contributed by atoms with Crippen molar-refractivity contribution in [1.82, 2.24) is 0 Å². The highest BCUT2D eigenvalue weighted by Gasteiger charge is 2.31. The summed E-state index contributed by atoms with van der Waals surface area (Å²) in [6.45, 7) is 0. The molecule has 2 aliphatic rings. The highest BCUT2D eigenvalue weighted by Crippen LogP contribution is 2.43. The van der Waals surface area contributed by atoms with Gasteiger partial charge in [-0.2, -0.15) is 0 Å². The maximum Gasteiger partial charge on any atom is 0.573 e. The maximum absolute atomic E-state index is 12.2. The SMILES string of the molecule is O=CCCC1CCC(C2CCC(CCc3ccc(OC(F)(F)F)cc3)CC2)CC1. The van der Waals surface area contributed by atoms with Gasteiger partial charge in [-0.3, -0.25) is 0 Å². The molecular formula is C24H33F3O2. The van der Waals surface area contributed by atoms with Crippen molar-refractivity contribution in [1.29, 1.82) is 0 Å². The van der Waals surface area contributed by atoms with Gasteiger partial charge in [0.15, 0.2) is 0 Å². The number of carbonyl (C=O) groups is 1. The zero-order chi connectivity index (χ0) is 20.7. The fourth-order valence-electron chi connectivity index (χ4n) is 5.43. The van der Waals surface area contributed by atoms with Gasteiger partial charge in [0, 0.05) is 6.42 Å². The van der Waals surface area contributed by atoms with E-state index in [0.29, 0.717) is 0 Å². The molecule has 0 radical (unpaired) electrons. The second-order valence-electron chi connectivity index (χ2n) is 9.04. The van der Waals surface area contributed by atoms with Crippen molar-refractivity contribution < 1.29 is 22.7 Å². The van der Waals surface area contributed by atoms with Crippen molar-refractivity contribution in [2.75, 3.05) is 0 Å². The quantitative estimate of drug-likeness (QED) is 0.427. The van der Waals surface area contributed by atoms with Gasteiger partial charge < -0.3 is 9.53 Å². The minimum Gasteiger partial charge on any atom is -0.406 e. The summed E-state index contributed by atoms with van der Waals surface area (Å²) < 4.78 is 40.6. The van der Waals surface area contributed by atoms with Gasteiger partial charge in [0.2, 0.25) is 0 Å². The number of aryl methyl sites for hydroxylation is 1. The molecule has 162 valence electrons. The first-order chi connectivity index (χ1) is 13.9. The smallest absolute Gasteiger partial charge is 0.406 e. The van der Waals surface area contributed by atoms with Gasteiger partial charge in [-0.25, -0.2) is 0 Å². The lowest BCUT2D eigenvalue weighted by Crippen LogP contribution is -2.26. The molecule has 29 heavy (non-hydrogen) atoms. The zero-order valence-corrected chi connectivity index (χ0v) is 17.1. The summed E-state index contributed by atoms with van der Waals surface area (Å²) in [6, 6.07) is 6.31. The Balaban J connectivity index is 1.34. The number of halogens is 3. The Morgan fingerprint density at radius 3 is 1.83 bits per heavy atom. The summed E-state index contributed by atoms with van der Waals surface area (Å²) >= 11 is 0. The Morgan fingerprint density at radius 1 is 0.828 bits per heavy atom. The summed E-state index contributed by atoms with van der Waals surface area (Å²) in [5, 5.41) is 0. The van der Waals surface area contributed by atoms with Gasteiger partial charge in [-0.15, -0.1) is 13.2 Å². The van der Waals surface area contributed by atoms with Gasteiger partial charge in [0.1, 0.15) is 12.0 Å². The van der Waals surface area contributed by atoms with E-state index in [1.807, 2.05) is 0 Å². The lowest BCUT2D eigenvalue weighted by molar-refractivity contribution is -0.274. The van der Waals surface area contributed by atoms with Crippen LogP contribution in [0.25, 0.3) is 0 Å². The monoisotopic (exact) mass is 410 g/mol. The largest absolute Gasteiger partial charge is 0.573 e. The van der Waals surface area contributed by atoms with E-state index in [1.54, 1.807) is 12.1 Å². The lowest BCUT2D eigenvalue weighted by Gasteiger charge is -2.38. The second kappa shape index (κ2) is 10.5. The molecule has 2 aliphatic carbocycles. The predicted octanol–water partition coefficient (Wildman–Crippen LogP) is 7.11. The molecule has 0 spiro atoms. The van der Waals surface area contributed by atoms with Crippen LogP contribution >= 0.6 is 0 Å². The van der Waals surface area contributed by atoms with E-state index in [9.17, 15) is 18.0 Å². The average Bonchev–Trinajstić information content (AvgIpc) is 2.71. The van der Waals surface area contributed by atoms with Gasteiger partial charge in [0.05, 0.1) is 0 Å². The summed E-state index contributed by atoms with van der Waals surface area (Å²) in [7, 11) is 0. The van der Waals surface area contributed by atoms with Crippen molar-refractivity contribution in [3.8, 4) is 5.75 Å². The fraction of sp³-hybridized carbons (Fsp3) is 0.708. The number of carbonyl (C=O) groups excluding carboxylic acids is 1. The third-order valence-corrected chi connectivity index (χ3v) is 7.14. The van der Waals surface area contributed by atoms with E-state index in [1.165, 1.54) is 63.5 Å². The number of hydrogen-bond donors (Lipinski definition) is 0. The second-order valence-corrected chi connectivity index (χ2v) is 9.04. The number of aldehydes is 1. The van der Waals surface area contributed by atoms with E-state index in [-0.39, 0.29) is 5.75 Å². The molecule has 0 amide bonds. The van der Waals surface area contributed by atoms with E-state index < -0.39 is 6.36 Å². The van der Waals surface area contributed by atoms with Crippen molar-refractivity contribution >= 4 is 6.29 Å². The first-order valence-electron chi connectivity index (χ1n) is 11.2. The van der Waals surface area contributed by atoms with Crippen molar-refractivity contribution in [3.05, 3.63) is 29.8 Å². The molecule has 0 saturated heterocycles. The van der Waals surface area contributed by atoms with Gasteiger partial charge in [-0.1, -0.05) is 37.8 Å². The van der Waals surface area contributed by atoms with Crippen LogP contribution in [0.15, 0.2) is 24.3 Å². The van der Waals surface area contributed by atoms with Crippen molar-refractivity contribution in [3.63, 3.8) is 0 Å². The van der Waals surface area contributed by atoms with Crippen LogP contribution in [-0.4, -0.2) is 12.6 Å². The molecule has 0 atom stereocenters. The molecule has 0 aliphatic heterocycles. The van der Waals surface area contributed by atoms with E-state index in [4.69, 9.17) is 0 Å². The van der Waals surface area contributed by atoms with Crippen molar-refractivity contribution in [2.45, 2.75) is 83.4 Å². The third kappa shape index (κ3) is 7.35. The molecule has 1 aromatic carbocycles. The van der Waals surface area contributed by atoms with Crippen LogP contribution in [0.1, 0.15) is 76.2 Å². The molecule has 0 bridgehead atoms. The molecule has 2 nitrogen and oxygen atoms in total. The number of benzene rings is 1. The standard InChI is InChI=1S/C24H33F3O2/c25-24(26,27)29-23-15-9-20(10-16-23)4-3-19-7-13-22(14-8-19)21-11-5-18(6-12-21)2-1-17-28/h9-10,15-19,21-22H,1-8,11-14H2. The first kappa shape index (κ1) is 22.2. The Morgan fingerprint density at radius 2 is 1.34 bits per heavy atom. The minimum atomic E-state index is -4.63. The molecule has 0 N–H and O–H groups in total. The van der Waals surface area contributed by atoms with Gasteiger partial charge in [-0.05, 0) is 86.3 Å². The summed E-state index contributed by atoms with van der Waals surface area (Å²) in [4.78, 5) is 10.6. The van der Waals surface area contributed by atoms with Gasteiger partial charge >= 0.3 is 6.36 Å². The molecule has 1 aromatic rings. The highest BCUT2D eigenvalue weighted by atomic mass is 19.4. The maximum atomic E-state index is 12.2. The number of rotatable bonds is 8. The fourth-order valence-corrected chi connectivity index (χ4v) is 5.43. The van der Waals surface area contributed by atoms with Crippen molar-refractivity contribution in [2.24, 2.45) is 23.7 Å². The molecular weight excluding hydrogens is 377 g/mol.